The molecule has 0 radical (unpaired) electrons. The van der Waals surface area contributed by atoms with Crippen molar-refractivity contribution in [2.24, 2.45) is 0 Å². The number of rotatable bonds is 5. The Morgan fingerprint density at radius 2 is 2.05 bits per heavy atom. The van der Waals surface area contributed by atoms with Crippen molar-refractivity contribution in [3.05, 3.63) is 30.2 Å². The zero-order valence-electron chi connectivity index (χ0n) is 12.6. The second-order valence-electron chi connectivity index (χ2n) is 4.58. The van der Waals surface area contributed by atoms with Gasteiger partial charge in [-0.05, 0) is 18.6 Å². The van der Waals surface area contributed by atoms with Crippen LogP contribution in [0.1, 0.15) is 12.6 Å². The summed E-state index contributed by atoms with van der Waals surface area (Å²) in [5.74, 6) is 2.02. The minimum Gasteiger partial charge on any atom is -0.497 e. The van der Waals surface area contributed by atoms with Gasteiger partial charge in [0.2, 0.25) is 0 Å². The van der Waals surface area contributed by atoms with Crippen LogP contribution in [0.5, 0.6) is 11.5 Å². The van der Waals surface area contributed by atoms with Crippen LogP contribution in [0.25, 0.3) is 11.1 Å². The van der Waals surface area contributed by atoms with Crippen molar-refractivity contribution in [3.8, 4) is 11.5 Å². The lowest BCUT2D eigenvalue weighted by atomic mass is 10.2. The van der Waals surface area contributed by atoms with Gasteiger partial charge in [-0.15, -0.1) is 0 Å². The van der Waals surface area contributed by atoms with Crippen LogP contribution in [-0.2, 0) is 6.42 Å². The predicted molar refractivity (Wildman–Crippen MR) is 81.8 cm³/mol. The molecule has 2 heterocycles. The van der Waals surface area contributed by atoms with Crippen LogP contribution in [0.15, 0.2) is 29.0 Å². The SMILES string of the molecule is CCc1noc2ncnc(Nc3cc(OC)ccc3OC)c12. The molecule has 2 aromatic heterocycles. The van der Waals surface area contributed by atoms with Crippen LogP contribution in [0, 0.1) is 0 Å². The third kappa shape index (κ3) is 2.41. The normalized spacial score (nSPS) is 10.7. The van der Waals surface area contributed by atoms with Crippen molar-refractivity contribution in [2.75, 3.05) is 19.5 Å². The molecule has 0 fully saturated rings. The lowest BCUT2D eigenvalue weighted by Crippen LogP contribution is -1.99. The molecular formula is C15H16N4O3. The van der Waals surface area contributed by atoms with Gasteiger partial charge in [-0.1, -0.05) is 12.1 Å². The number of nitrogens with one attached hydrogen (secondary N) is 1. The second kappa shape index (κ2) is 5.88. The summed E-state index contributed by atoms with van der Waals surface area (Å²) in [6.07, 6.45) is 2.16. The first-order chi connectivity index (χ1) is 10.8. The number of hydrogen-bond donors (Lipinski definition) is 1. The monoisotopic (exact) mass is 300 g/mol. The van der Waals surface area contributed by atoms with E-state index in [1.54, 1.807) is 14.2 Å². The van der Waals surface area contributed by atoms with E-state index in [1.807, 2.05) is 25.1 Å². The van der Waals surface area contributed by atoms with Crippen molar-refractivity contribution in [1.82, 2.24) is 15.1 Å². The molecule has 114 valence electrons. The first kappa shape index (κ1) is 14.1. The number of benzene rings is 1. The third-order valence-corrected chi connectivity index (χ3v) is 3.34. The maximum Gasteiger partial charge on any atom is 0.263 e. The smallest absolute Gasteiger partial charge is 0.263 e. The number of aromatic nitrogens is 3. The van der Waals surface area contributed by atoms with E-state index in [9.17, 15) is 0 Å². The Kier molecular flexibility index (Phi) is 3.78. The van der Waals surface area contributed by atoms with Crippen LogP contribution >= 0.6 is 0 Å². The fourth-order valence-corrected chi connectivity index (χ4v) is 2.22. The molecule has 1 aromatic carbocycles. The topological polar surface area (TPSA) is 82.3 Å². The average molecular weight is 300 g/mol. The van der Waals surface area contributed by atoms with E-state index in [0.29, 0.717) is 17.3 Å². The first-order valence-electron chi connectivity index (χ1n) is 6.85. The van der Waals surface area contributed by atoms with E-state index in [4.69, 9.17) is 14.0 Å². The summed E-state index contributed by atoms with van der Waals surface area (Å²) in [5.41, 5.74) is 2.00. The Hall–Kier alpha value is -2.83. The van der Waals surface area contributed by atoms with Gasteiger partial charge >= 0.3 is 0 Å². The quantitative estimate of drug-likeness (QED) is 0.775. The van der Waals surface area contributed by atoms with Crippen LogP contribution in [0.3, 0.4) is 0 Å². The number of nitrogens with zero attached hydrogens (tertiary/aromatic N) is 3. The van der Waals surface area contributed by atoms with Gasteiger partial charge < -0.3 is 19.3 Å². The Morgan fingerprint density at radius 3 is 2.77 bits per heavy atom. The number of methoxy groups -OCH3 is 2. The van der Waals surface area contributed by atoms with Gasteiger partial charge in [0.05, 0.1) is 25.6 Å². The molecule has 0 amide bonds. The molecule has 0 unspecified atom stereocenters. The zero-order chi connectivity index (χ0) is 15.5. The maximum absolute atomic E-state index is 5.37. The molecule has 0 aliphatic rings. The number of ether oxygens (including phenoxy) is 2. The average Bonchev–Trinajstić information content (AvgIpc) is 2.99. The molecule has 0 spiro atoms. The highest BCUT2D eigenvalue weighted by Crippen LogP contribution is 2.33. The number of aryl methyl sites for hydroxylation is 1. The molecular weight excluding hydrogens is 284 g/mol. The zero-order valence-corrected chi connectivity index (χ0v) is 12.6. The van der Waals surface area contributed by atoms with E-state index >= 15 is 0 Å². The third-order valence-electron chi connectivity index (χ3n) is 3.34. The molecule has 7 heteroatoms. The fourth-order valence-electron chi connectivity index (χ4n) is 2.22. The highest BCUT2D eigenvalue weighted by atomic mass is 16.5. The summed E-state index contributed by atoms with van der Waals surface area (Å²) in [4.78, 5) is 8.39. The number of hydrogen-bond acceptors (Lipinski definition) is 7. The van der Waals surface area contributed by atoms with Crippen molar-refractivity contribution in [3.63, 3.8) is 0 Å². The van der Waals surface area contributed by atoms with Crippen molar-refractivity contribution in [2.45, 2.75) is 13.3 Å². The molecule has 7 nitrogen and oxygen atoms in total. The molecule has 0 saturated carbocycles. The molecule has 0 bridgehead atoms. The van der Waals surface area contributed by atoms with E-state index < -0.39 is 0 Å². The van der Waals surface area contributed by atoms with E-state index in [0.717, 1.165) is 28.9 Å². The van der Waals surface area contributed by atoms with E-state index in [1.165, 1.54) is 6.33 Å². The van der Waals surface area contributed by atoms with Crippen molar-refractivity contribution in [1.29, 1.82) is 0 Å². The molecule has 0 aliphatic heterocycles. The Morgan fingerprint density at radius 1 is 1.18 bits per heavy atom. The Balaban J connectivity index is 2.08. The van der Waals surface area contributed by atoms with Crippen LogP contribution in [0.4, 0.5) is 11.5 Å². The maximum atomic E-state index is 5.37. The van der Waals surface area contributed by atoms with Gasteiger partial charge in [-0.25, -0.2) is 4.98 Å². The van der Waals surface area contributed by atoms with Gasteiger partial charge in [0, 0.05) is 6.07 Å². The molecule has 3 aromatic rings. The molecule has 3 rings (SSSR count). The predicted octanol–water partition coefficient (Wildman–Crippen LogP) is 2.94. The molecule has 0 aliphatic carbocycles. The minimum absolute atomic E-state index is 0.455. The van der Waals surface area contributed by atoms with Crippen LogP contribution in [0.2, 0.25) is 0 Å². The minimum atomic E-state index is 0.455. The summed E-state index contributed by atoms with van der Waals surface area (Å²) >= 11 is 0. The van der Waals surface area contributed by atoms with Gasteiger partial charge in [0.15, 0.2) is 0 Å². The largest absolute Gasteiger partial charge is 0.497 e. The molecule has 0 saturated heterocycles. The van der Waals surface area contributed by atoms with Gasteiger partial charge in [0.25, 0.3) is 5.71 Å². The number of fused-ring (bicyclic) bond motifs is 1. The van der Waals surface area contributed by atoms with Crippen molar-refractivity contribution >= 4 is 22.6 Å². The summed E-state index contributed by atoms with van der Waals surface area (Å²) in [6.45, 7) is 2.00. The molecule has 0 atom stereocenters. The van der Waals surface area contributed by atoms with Crippen LogP contribution in [-0.4, -0.2) is 29.3 Å². The highest BCUT2D eigenvalue weighted by molar-refractivity contribution is 5.90. The fraction of sp³-hybridized carbons (Fsp3) is 0.267. The Labute approximate surface area is 127 Å². The van der Waals surface area contributed by atoms with Crippen molar-refractivity contribution < 1.29 is 14.0 Å². The summed E-state index contributed by atoms with van der Waals surface area (Å²) in [7, 11) is 3.23. The molecule has 1 N–H and O–H groups in total. The lowest BCUT2D eigenvalue weighted by molar-refractivity contribution is 0.405. The van der Waals surface area contributed by atoms with Crippen LogP contribution < -0.4 is 14.8 Å². The summed E-state index contributed by atoms with van der Waals surface area (Å²) in [6, 6.07) is 5.50. The Bertz CT molecular complexity index is 801. The summed E-state index contributed by atoms with van der Waals surface area (Å²) in [5, 5.41) is 8.04. The highest BCUT2D eigenvalue weighted by Gasteiger charge is 2.15. The van der Waals surface area contributed by atoms with Gasteiger partial charge in [0.1, 0.15) is 29.0 Å². The molecule has 22 heavy (non-hydrogen) atoms. The first-order valence-corrected chi connectivity index (χ1v) is 6.85. The standard InChI is InChI=1S/C15H16N4O3/c1-4-10-13-14(16-8-17-15(13)22-19-10)18-11-7-9(20-2)5-6-12(11)21-3/h5-8H,4H2,1-3H3,(H,16,17,18). The second-order valence-corrected chi connectivity index (χ2v) is 4.58. The lowest BCUT2D eigenvalue weighted by Gasteiger charge is -2.12. The summed E-state index contributed by atoms with van der Waals surface area (Å²) < 4.78 is 15.8. The number of anilines is 2. The van der Waals surface area contributed by atoms with E-state index in [-0.39, 0.29) is 0 Å². The van der Waals surface area contributed by atoms with Gasteiger partial charge in [-0.2, -0.15) is 4.98 Å². The van der Waals surface area contributed by atoms with E-state index in [2.05, 4.69) is 20.4 Å². The van der Waals surface area contributed by atoms with Gasteiger partial charge in [-0.3, -0.25) is 0 Å².